The van der Waals surface area contributed by atoms with Gasteiger partial charge in [-0.25, -0.2) is 17.4 Å². The number of nitrogens with zero attached hydrogens (tertiary/aromatic N) is 3. The van der Waals surface area contributed by atoms with Gasteiger partial charge < -0.3 is 0 Å². The summed E-state index contributed by atoms with van der Waals surface area (Å²) in [6.07, 6.45) is -1.07. The second-order valence-corrected chi connectivity index (χ2v) is 6.25. The van der Waals surface area contributed by atoms with Gasteiger partial charge in [-0.1, -0.05) is 0 Å². The zero-order chi connectivity index (χ0) is 16.0. The second kappa shape index (κ2) is 4.80. The summed E-state index contributed by atoms with van der Waals surface area (Å²) in [5, 5.41) is 0. The number of rotatable bonds is 2. The Morgan fingerprint density at radius 2 is 1.91 bits per heavy atom. The fourth-order valence-electron chi connectivity index (χ4n) is 1.97. The SMILES string of the molecule is O=S(=O)(c1cccnc1)n1cnc2ccc(C(F)(F)F)cc21. The Morgan fingerprint density at radius 3 is 2.55 bits per heavy atom. The predicted octanol–water partition coefficient (Wildman–Crippen LogP) is 2.69. The zero-order valence-corrected chi connectivity index (χ0v) is 11.6. The van der Waals surface area contributed by atoms with Gasteiger partial charge in [-0.05, 0) is 30.3 Å². The third-order valence-electron chi connectivity index (χ3n) is 3.03. The maximum atomic E-state index is 12.8. The second-order valence-electron chi connectivity index (χ2n) is 4.44. The standard InChI is InChI=1S/C13H8F3N3O2S/c14-13(15,16)9-3-4-11-12(6-9)19(8-18-11)22(20,21)10-2-1-5-17-7-10/h1-8H. The fraction of sp³-hybridized carbons (Fsp3) is 0.0769. The van der Waals surface area contributed by atoms with Crippen LogP contribution in [-0.4, -0.2) is 22.4 Å². The van der Waals surface area contributed by atoms with Crippen molar-refractivity contribution in [2.24, 2.45) is 0 Å². The minimum absolute atomic E-state index is 0.133. The molecule has 0 radical (unpaired) electrons. The predicted molar refractivity (Wildman–Crippen MR) is 71.6 cm³/mol. The van der Waals surface area contributed by atoms with Crippen molar-refractivity contribution in [2.45, 2.75) is 11.1 Å². The number of halogens is 3. The van der Waals surface area contributed by atoms with Gasteiger partial charge in [0.05, 0.1) is 16.6 Å². The topological polar surface area (TPSA) is 64.8 Å². The van der Waals surface area contributed by atoms with E-state index in [1.165, 1.54) is 18.3 Å². The van der Waals surface area contributed by atoms with Crippen molar-refractivity contribution in [2.75, 3.05) is 0 Å². The quantitative estimate of drug-likeness (QED) is 0.726. The van der Waals surface area contributed by atoms with E-state index in [0.717, 1.165) is 30.7 Å². The lowest BCUT2D eigenvalue weighted by molar-refractivity contribution is -0.137. The Bertz CT molecular complexity index is 934. The summed E-state index contributed by atoms with van der Waals surface area (Å²) in [6.45, 7) is 0. The molecule has 0 bridgehead atoms. The van der Waals surface area contributed by atoms with Crippen LogP contribution in [0, 0.1) is 0 Å². The van der Waals surface area contributed by atoms with Crippen LogP contribution >= 0.6 is 0 Å². The minimum Gasteiger partial charge on any atom is -0.263 e. The number of aromatic nitrogens is 3. The number of imidazole rings is 1. The van der Waals surface area contributed by atoms with Gasteiger partial charge >= 0.3 is 6.18 Å². The summed E-state index contributed by atoms with van der Waals surface area (Å²) < 4.78 is 64.0. The Labute approximate surface area is 123 Å². The average molecular weight is 327 g/mol. The third-order valence-corrected chi connectivity index (χ3v) is 4.68. The van der Waals surface area contributed by atoms with Crippen molar-refractivity contribution >= 4 is 21.1 Å². The smallest absolute Gasteiger partial charge is 0.263 e. The molecule has 0 unspecified atom stereocenters. The molecular formula is C13H8F3N3O2S. The molecule has 3 rings (SSSR count). The van der Waals surface area contributed by atoms with Crippen LogP contribution in [0.4, 0.5) is 13.2 Å². The maximum absolute atomic E-state index is 12.8. The van der Waals surface area contributed by atoms with E-state index >= 15 is 0 Å². The molecule has 0 fully saturated rings. The first-order chi connectivity index (χ1) is 10.3. The first-order valence-corrected chi connectivity index (χ1v) is 7.44. The van der Waals surface area contributed by atoms with Crippen LogP contribution in [-0.2, 0) is 16.2 Å². The molecule has 5 nitrogen and oxygen atoms in total. The highest BCUT2D eigenvalue weighted by molar-refractivity contribution is 7.90. The molecule has 3 aromatic rings. The maximum Gasteiger partial charge on any atom is 0.416 e. The summed E-state index contributed by atoms with van der Waals surface area (Å²) in [5.74, 6) is 0. The van der Waals surface area contributed by atoms with Gasteiger partial charge in [0.15, 0.2) is 0 Å². The fourth-order valence-corrected chi connectivity index (χ4v) is 3.22. The van der Waals surface area contributed by atoms with Gasteiger partial charge in [-0.2, -0.15) is 13.2 Å². The van der Waals surface area contributed by atoms with Crippen LogP contribution in [0.15, 0.2) is 53.9 Å². The molecule has 0 atom stereocenters. The summed E-state index contributed by atoms with van der Waals surface area (Å²) in [6, 6.07) is 5.48. The molecule has 0 aliphatic carbocycles. The van der Waals surface area contributed by atoms with Crippen LogP contribution in [0.5, 0.6) is 0 Å². The molecular weight excluding hydrogens is 319 g/mol. The number of alkyl halides is 3. The number of benzene rings is 1. The molecule has 2 aromatic heterocycles. The molecule has 0 saturated carbocycles. The largest absolute Gasteiger partial charge is 0.416 e. The molecule has 114 valence electrons. The molecule has 22 heavy (non-hydrogen) atoms. The lowest BCUT2D eigenvalue weighted by Gasteiger charge is -2.09. The van der Waals surface area contributed by atoms with E-state index < -0.39 is 21.8 Å². The van der Waals surface area contributed by atoms with E-state index in [-0.39, 0.29) is 15.9 Å². The number of fused-ring (bicyclic) bond motifs is 1. The first-order valence-electron chi connectivity index (χ1n) is 6.00. The van der Waals surface area contributed by atoms with Gasteiger partial charge in [0, 0.05) is 12.4 Å². The van der Waals surface area contributed by atoms with E-state index in [0.29, 0.717) is 3.97 Å². The van der Waals surface area contributed by atoms with Crippen molar-refractivity contribution in [3.05, 3.63) is 54.6 Å². The molecule has 1 aromatic carbocycles. The summed E-state index contributed by atoms with van der Waals surface area (Å²) in [5.41, 5.74) is -0.928. The third kappa shape index (κ3) is 2.33. The van der Waals surface area contributed by atoms with Gasteiger partial charge in [0.2, 0.25) is 0 Å². The number of hydrogen-bond donors (Lipinski definition) is 0. The van der Waals surface area contributed by atoms with Gasteiger partial charge in [0.25, 0.3) is 10.0 Å². The highest BCUT2D eigenvalue weighted by atomic mass is 32.2. The zero-order valence-electron chi connectivity index (χ0n) is 10.8. The molecule has 2 heterocycles. The van der Waals surface area contributed by atoms with Crippen LogP contribution in [0.1, 0.15) is 5.56 Å². The van der Waals surface area contributed by atoms with Gasteiger partial charge in [-0.3, -0.25) is 4.98 Å². The van der Waals surface area contributed by atoms with E-state index in [1.54, 1.807) is 0 Å². The van der Waals surface area contributed by atoms with Crippen molar-refractivity contribution in [3.63, 3.8) is 0 Å². The lowest BCUT2D eigenvalue weighted by atomic mass is 10.2. The van der Waals surface area contributed by atoms with Gasteiger partial charge in [-0.15, -0.1) is 0 Å². The molecule has 0 aliphatic rings. The molecule has 0 N–H and O–H groups in total. The van der Waals surface area contributed by atoms with Crippen LogP contribution < -0.4 is 0 Å². The van der Waals surface area contributed by atoms with E-state index in [9.17, 15) is 21.6 Å². The first kappa shape index (κ1) is 14.5. The van der Waals surface area contributed by atoms with E-state index in [2.05, 4.69) is 9.97 Å². The Morgan fingerprint density at radius 1 is 1.14 bits per heavy atom. The molecule has 9 heteroatoms. The Hall–Kier alpha value is -2.42. The highest BCUT2D eigenvalue weighted by Crippen LogP contribution is 2.31. The molecule has 0 saturated heterocycles. The molecule has 0 aliphatic heterocycles. The normalized spacial score (nSPS) is 12.7. The van der Waals surface area contributed by atoms with Crippen LogP contribution in [0.25, 0.3) is 11.0 Å². The lowest BCUT2D eigenvalue weighted by Crippen LogP contribution is -2.12. The minimum atomic E-state index is -4.57. The average Bonchev–Trinajstić information content (AvgIpc) is 2.91. The highest BCUT2D eigenvalue weighted by Gasteiger charge is 2.31. The molecule has 0 amide bonds. The van der Waals surface area contributed by atoms with Crippen molar-refractivity contribution < 1.29 is 21.6 Å². The summed E-state index contributed by atoms with van der Waals surface area (Å²) in [4.78, 5) is 7.40. The number of hydrogen-bond acceptors (Lipinski definition) is 4. The monoisotopic (exact) mass is 327 g/mol. The Kier molecular flexibility index (Phi) is 3.17. The van der Waals surface area contributed by atoms with Crippen molar-refractivity contribution in [3.8, 4) is 0 Å². The van der Waals surface area contributed by atoms with Gasteiger partial charge in [0.1, 0.15) is 11.2 Å². The van der Waals surface area contributed by atoms with Crippen molar-refractivity contribution in [1.82, 2.24) is 13.9 Å². The van der Waals surface area contributed by atoms with E-state index in [1.807, 2.05) is 0 Å². The van der Waals surface area contributed by atoms with Crippen LogP contribution in [0.3, 0.4) is 0 Å². The molecule has 0 spiro atoms. The van der Waals surface area contributed by atoms with Crippen LogP contribution in [0.2, 0.25) is 0 Å². The number of pyridine rings is 1. The van der Waals surface area contributed by atoms with E-state index in [4.69, 9.17) is 0 Å². The van der Waals surface area contributed by atoms with Crippen molar-refractivity contribution in [1.29, 1.82) is 0 Å². The Balaban J connectivity index is 2.24. The summed E-state index contributed by atoms with van der Waals surface area (Å²) in [7, 11) is -4.06. The summed E-state index contributed by atoms with van der Waals surface area (Å²) >= 11 is 0.